The summed E-state index contributed by atoms with van der Waals surface area (Å²) in [7, 11) is 0. The molecule has 2 aromatic carbocycles. The summed E-state index contributed by atoms with van der Waals surface area (Å²) < 4.78 is 27.9. The molecule has 2 heterocycles. The second-order valence-electron chi connectivity index (χ2n) is 7.26. The van der Waals surface area contributed by atoms with Crippen LogP contribution in [0, 0.1) is 11.6 Å². The zero-order valence-electron chi connectivity index (χ0n) is 15.8. The van der Waals surface area contributed by atoms with Crippen molar-refractivity contribution in [2.24, 2.45) is 0 Å². The summed E-state index contributed by atoms with van der Waals surface area (Å²) in [6.45, 7) is 3.31. The SMILES string of the molecule is CC(C(=O)Nc1ccc(F)cc1F)N1CCC(c2nc3cc(Cl)ccc3s2)CC1. The van der Waals surface area contributed by atoms with Gasteiger partial charge in [0.2, 0.25) is 5.91 Å². The first-order valence-corrected chi connectivity index (χ1v) is 10.7. The van der Waals surface area contributed by atoms with Crippen LogP contribution in [-0.4, -0.2) is 34.9 Å². The van der Waals surface area contributed by atoms with Gasteiger partial charge < -0.3 is 5.32 Å². The van der Waals surface area contributed by atoms with Crippen LogP contribution >= 0.6 is 22.9 Å². The predicted molar refractivity (Wildman–Crippen MR) is 113 cm³/mol. The second-order valence-corrected chi connectivity index (χ2v) is 8.76. The van der Waals surface area contributed by atoms with Gasteiger partial charge in [-0.05, 0) is 63.2 Å². The Bertz CT molecular complexity index is 1050. The summed E-state index contributed by atoms with van der Waals surface area (Å²) in [5, 5.41) is 4.34. The van der Waals surface area contributed by atoms with Gasteiger partial charge in [-0.25, -0.2) is 13.8 Å². The molecule has 1 aromatic heterocycles. The molecule has 3 aromatic rings. The number of amides is 1. The maximum atomic E-state index is 13.8. The van der Waals surface area contributed by atoms with Crippen molar-refractivity contribution in [3.05, 3.63) is 58.1 Å². The van der Waals surface area contributed by atoms with Gasteiger partial charge in [0, 0.05) is 17.0 Å². The maximum Gasteiger partial charge on any atom is 0.241 e. The van der Waals surface area contributed by atoms with Crippen LogP contribution in [0.5, 0.6) is 0 Å². The van der Waals surface area contributed by atoms with Crippen LogP contribution in [0.4, 0.5) is 14.5 Å². The minimum atomic E-state index is -0.778. The van der Waals surface area contributed by atoms with Gasteiger partial charge >= 0.3 is 0 Å². The molecule has 4 nitrogen and oxygen atoms in total. The number of hydrogen-bond donors (Lipinski definition) is 1. The van der Waals surface area contributed by atoms with E-state index in [4.69, 9.17) is 16.6 Å². The molecule has 1 atom stereocenters. The van der Waals surface area contributed by atoms with E-state index in [2.05, 4.69) is 10.2 Å². The highest BCUT2D eigenvalue weighted by atomic mass is 35.5. The molecule has 1 saturated heterocycles. The first-order chi connectivity index (χ1) is 13.9. The van der Waals surface area contributed by atoms with E-state index >= 15 is 0 Å². The largest absolute Gasteiger partial charge is 0.322 e. The molecule has 1 unspecified atom stereocenters. The number of benzene rings is 2. The van der Waals surface area contributed by atoms with E-state index in [0.29, 0.717) is 10.9 Å². The molecule has 1 N–H and O–H groups in total. The Labute approximate surface area is 176 Å². The van der Waals surface area contributed by atoms with Crippen LogP contribution in [0.25, 0.3) is 10.2 Å². The normalized spacial score (nSPS) is 16.8. The van der Waals surface area contributed by atoms with Crippen molar-refractivity contribution >= 4 is 44.7 Å². The van der Waals surface area contributed by atoms with Crippen LogP contribution in [0.2, 0.25) is 5.02 Å². The molecule has 0 radical (unpaired) electrons. The average Bonchev–Trinajstić information content (AvgIpc) is 3.12. The number of likely N-dealkylation sites (tertiary alicyclic amines) is 1. The number of piperidine rings is 1. The molecule has 1 aliphatic heterocycles. The zero-order chi connectivity index (χ0) is 20.5. The smallest absolute Gasteiger partial charge is 0.241 e. The fourth-order valence-corrected chi connectivity index (χ4v) is 4.90. The zero-order valence-corrected chi connectivity index (χ0v) is 17.4. The molecular formula is C21H20ClF2N3OS. The summed E-state index contributed by atoms with van der Waals surface area (Å²) in [5.74, 6) is -1.40. The third kappa shape index (κ3) is 4.42. The molecular weight excluding hydrogens is 416 g/mol. The number of anilines is 1. The number of rotatable bonds is 4. The summed E-state index contributed by atoms with van der Waals surface area (Å²) in [6.07, 6.45) is 1.80. The van der Waals surface area contributed by atoms with Crippen molar-refractivity contribution in [1.29, 1.82) is 0 Å². The third-order valence-corrected chi connectivity index (χ3v) is 6.80. The lowest BCUT2D eigenvalue weighted by Crippen LogP contribution is -2.45. The Balaban J connectivity index is 1.37. The first-order valence-electron chi connectivity index (χ1n) is 9.46. The highest BCUT2D eigenvalue weighted by molar-refractivity contribution is 7.18. The minimum absolute atomic E-state index is 0.00808. The van der Waals surface area contributed by atoms with Gasteiger partial charge in [-0.15, -0.1) is 11.3 Å². The lowest BCUT2D eigenvalue weighted by atomic mass is 9.96. The fourth-order valence-electron chi connectivity index (χ4n) is 3.62. The van der Waals surface area contributed by atoms with Crippen LogP contribution in [0.1, 0.15) is 30.7 Å². The lowest BCUT2D eigenvalue weighted by molar-refractivity contribution is -0.121. The van der Waals surface area contributed by atoms with Crippen LogP contribution in [-0.2, 0) is 4.79 Å². The van der Waals surface area contributed by atoms with E-state index in [1.165, 1.54) is 6.07 Å². The number of carbonyl (C=O) groups excluding carboxylic acids is 1. The highest BCUT2D eigenvalue weighted by Crippen LogP contribution is 2.35. The van der Waals surface area contributed by atoms with Gasteiger partial charge in [0.25, 0.3) is 0 Å². The summed E-state index contributed by atoms with van der Waals surface area (Å²) in [5.41, 5.74) is 0.917. The summed E-state index contributed by atoms with van der Waals surface area (Å²) in [4.78, 5) is 19.3. The van der Waals surface area contributed by atoms with E-state index in [1.54, 1.807) is 18.3 Å². The Kier molecular flexibility index (Phi) is 5.81. The van der Waals surface area contributed by atoms with E-state index in [9.17, 15) is 13.6 Å². The topological polar surface area (TPSA) is 45.2 Å². The van der Waals surface area contributed by atoms with E-state index in [0.717, 1.165) is 53.3 Å². The molecule has 29 heavy (non-hydrogen) atoms. The quantitative estimate of drug-likeness (QED) is 0.594. The number of aromatic nitrogens is 1. The number of thiazole rings is 1. The molecule has 4 rings (SSSR count). The van der Waals surface area contributed by atoms with Crippen molar-refractivity contribution in [3.8, 4) is 0 Å². The Morgan fingerprint density at radius 3 is 2.72 bits per heavy atom. The molecule has 8 heteroatoms. The van der Waals surface area contributed by atoms with Gasteiger partial charge in [0.05, 0.1) is 27.0 Å². The van der Waals surface area contributed by atoms with Crippen molar-refractivity contribution in [2.45, 2.75) is 31.7 Å². The number of carbonyl (C=O) groups is 1. The Morgan fingerprint density at radius 1 is 1.24 bits per heavy atom. The average molecular weight is 436 g/mol. The van der Waals surface area contributed by atoms with Crippen molar-refractivity contribution in [2.75, 3.05) is 18.4 Å². The molecule has 0 bridgehead atoms. The van der Waals surface area contributed by atoms with Gasteiger partial charge in [-0.3, -0.25) is 9.69 Å². The number of nitrogens with one attached hydrogen (secondary N) is 1. The Hall–Kier alpha value is -2.09. The number of hydrogen-bond acceptors (Lipinski definition) is 4. The van der Waals surface area contributed by atoms with Gasteiger partial charge in [0.15, 0.2) is 0 Å². The molecule has 0 spiro atoms. The minimum Gasteiger partial charge on any atom is -0.322 e. The third-order valence-electron chi connectivity index (χ3n) is 5.36. The molecule has 152 valence electrons. The lowest BCUT2D eigenvalue weighted by Gasteiger charge is -2.34. The van der Waals surface area contributed by atoms with Crippen molar-refractivity contribution in [3.63, 3.8) is 0 Å². The molecule has 1 amide bonds. The van der Waals surface area contributed by atoms with Crippen molar-refractivity contribution < 1.29 is 13.6 Å². The van der Waals surface area contributed by atoms with E-state index < -0.39 is 17.7 Å². The number of halogens is 3. The number of nitrogens with zero attached hydrogens (tertiary/aromatic N) is 2. The number of fused-ring (bicyclic) bond motifs is 1. The molecule has 0 aliphatic carbocycles. The molecule has 1 fully saturated rings. The monoisotopic (exact) mass is 435 g/mol. The van der Waals surface area contributed by atoms with Crippen LogP contribution < -0.4 is 5.32 Å². The fraction of sp³-hybridized carbons (Fsp3) is 0.333. The second kappa shape index (κ2) is 8.34. The molecule has 1 aliphatic rings. The van der Waals surface area contributed by atoms with Crippen molar-refractivity contribution in [1.82, 2.24) is 9.88 Å². The first kappa shape index (κ1) is 20.2. The van der Waals surface area contributed by atoms with Crippen LogP contribution in [0.15, 0.2) is 36.4 Å². The Morgan fingerprint density at radius 2 is 2.00 bits per heavy atom. The maximum absolute atomic E-state index is 13.8. The van der Waals surface area contributed by atoms with Gasteiger partial charge in [0.1, 0.15) is 11.6 Å². The molecule has 0 saturated carbocycles. The van der Waals surface area contributed by atoms with Crippen LogP contribution in [0.3, 0.4) is 0 Å². The van der Waals surface area contributed by atoms with E-state index in [1.807, 2.05) is 18.2 Å². The van der Waals surface area contributed by atoms with E-state index in [-0.39, 0.29) is 11.6 Å². The van der Waals surface area contributed by atoms with Gasteiger partial charge in [-0.1, -0.05) is 11.6 Å². The van der Waals surface area contributed by atoms with Gasteiger partial charge in [-0.2, -0.15) is 0 Å². The standard InChI is InChI=1S/C21H20ClF2N3OS/c1-12(20(28)25-17-4-3-15(23)11-16(17)24)27-8-6-13(7-9-27)21-26-18-10-14(22)2-5-19(18)29-21/h2-5,10-13H,6-9H2,1H3,(H,25,28). The predicted octanol–water partition coefficient (Wildman–Crippen LogP) is 5.43. The summed E-state index contributed by atoms with van der Waals surface area (Å²) in [6, 6.07) is 8.47. The summed E-state index contributed by atoms with van der Waals surface area (Å²) >= 11 is 7.74. The highest BCUT2D eigenvalue weighted by Gasteiger charge is 2.29.